The van der Waals surface area contributed by atoms with Crippen LogP contribution in [-0.2, 0) is 27.2 Å². The SMILES string of the molecule is C[n+]1ccn(C/C=C/Cn2cc[n+](C)c2)c1. The number of aromatic nitrogens is 4. The van der Waals surface area contributed by atoms with Gasteiger partial charge >= 0.3 is 0 Å². The average molecular weight is 218 g/mol. The minimum Gasteiger partial charge on any atom is -0.240 e. The molecule has 0 atom stereocenters. The van der Waals surface area contributed by atoms with E-state index in [1.807, 2.05) is 35.6 Å². The molecule has 2 heterocycles. The topological polar surface area (TPSA) is 17.6 Å². The van der Waals surface area contributed by atoms with Crippen molar-refractivity contribution in [2.45, 2.75) is 13.1 Å². The van der Waals surface area contributed by atoms with E-state index in [4.69, 9.17) is 0 Å². The molecule has 2 rings (SSSR count). The normalized spacial score (nSPS) is 11.4. The van der Waals surface area contributed by atoms with E-state index < -0.39 is 0 Å². The van der Waals surface area contributed by atoms with E-state index in [1.54, 1.807) is 0 Å². The van der Waals surface area contributed by atoms with Gasteiger partial charge < -0.3 is 0 Å². The molecule has 2 aromatic rings. The molecule has 0 N–H and O–H groups in total. The van der Waals surface area contributed by atoms with Crippen molar-refractivity contribution in [3.05, 3.63) is 49.6 Å². The molecule has 84 valence electrons. The van der Waals surface area contributed by atoms with Crippen molar-refractivity contribution in [3.63, 3.8) is 0 Å². The van der Waals surface area contributed by atoms with Crippen molar-refractivity contribution in [3.8, 4) is 0 Å². The summed E-state index contributed by atoms with van der Waals surface area (Å²) in [5, 5.41) is 0. The Morgan fingerprint density at radius 1 is 0.875 bits per heavy atom. The number of aryl methyl sites for hydroxylation is 2. The number of hydrogen-bond acceptors (Lipinski definition) is 0. The van der Waals surface area contributed by atoms with Gasteiger partial charge in [0.2, 0.25) is 12.7 Å². The zero-order valence-corrected chi connectivity index (χ0v) is 9.82. The lowest BCUT2D eigenvalue weighted by Crippen LogP contribution is -2.23. The Hall–Kier alpha value is -1.84. The third-order valence-corrected chi connectivity index (χ3v) is 2.45. The van der Waals surface area contributed by atoms with Crippen LogP contribution >= 0.6 is 0 Å². The second-order valence-electron chi connectivity index (χ2n) is 4.02. The van der Waals surface area contributed by atoms with E-state index in [-0.39, 0.29) is 0 Å². The molecule has 0 amide bonds. The third kappa shape index (κ3) is 2.82. The fourth-order valence-corrected chi connectivity index (χ4v) is 1.61. The van der Waals surface area contributed by atoms with Crippen LogP contribution in [0.3, 0.4) is 0 Å². The van der Waals surface area contributed by atoms with Gasteiger partial charge in [0.25, 0.3) is 0 Å². The van der Waals surface area contributed by atoms with Crippen LogP contribution in [-0.4, -0.2) is 9.13 Å². The van der Waals surface area contributed by atoms with Crippen molar-refractivity contribution in [2.75, 3.05) is 0 Å². The van der Waals surface area contributed by atoms with E-state index in [1.165, 1.54) is 0 Å². The van der Waals surface area contributed by atoms with Gasteiger partial charge in [-0.2, -0.15) is 0 Å². The predicted octanol–water partition coefficient (Wildman–Crippen LogP) is 0.195. The van der Waals surface area contributed by atoms with Crippen LogP contribution in [0.15, 0.2) is 49.6 Å². The molecule has 0 aliphatic rings. The molecule has 0 fully saturated rings. The summed E-state index contributed by atoms with van der Waals surface area (Å²) in [4.78, 5) is 0. The molecule has 0 aliphatic carbocycles. The van der Waals surface area contributed by atoms with Crippen LogP contribution < -0.4 is 9.13 Å². The van der Waals surface area contributed by atoms with Gasteiger partial charge in [0.15, 0.2) is 0 Å². The highest BCUT2D eigenvalue weighted by atomic mass is 15.1. The fourth-order valence-electron chi connectivity index (χ4n) is 1.61. The van der Waals surface area contributed by atoms with E-state index in [9.17, 15) is 0 Å². The summed E-state index contributed by atoms with van der Waals surface area (Å²) in [5.74, 6) is 0. The molecule has 4 nitrogen and oxygen atoms in total. The fraction of sp³-hybridized carbons (Fsp3) is 0.333. The van der Waals surface area contributed by atoms with Gasteiger partial charge in [-0.25, -0.2) is 18.3 Å². The van der Waals surface area contributed by atoms with E-state index in [0.29, 0.717) is 0 Å². The first-order valence-electron chi connectivity index (χ1n) is 5.41. The molecule has 0 aromatic carbocycles. The molecule has 0 saturated carbocycles. The van der Waals surface area contributed by atoms with Gasteiger partial charge in [-0.1, -0.05) is 0 Å². The summed E-state index contributed by atoms with van der Waals surface area (Å²) in [6, 6.07) is 0. The lowest BCUT2D eigenvalue weighted by molar-refractivity contribution is -0.671. The molecule has 0 unspecified atom stereocenters. The van der Waals surface area contributed by atoms with Crippen molar-refractivity contribution in [1.82, 2.24) is 9.13 Å². The summed E-state index contributed by atoms with van der Waals surface area (Å²) >= 11 is 0. The predicted molar refractivity (Wildman–Crippen MR) is 60.4 cm³/mol. The van der Waals surface area contributed by atoms with Gasteiger partial charge in [-0.05, 0) is 12.2 Å². The number of hydrogen-bond donors (Lipinski definition) is 0. The molecule has 0 spiro atoms. The Bertz CT molecular complexity index is 434. The Morgan fingerprint density at radius 3 is 1.62 bits per heavy atom. The smallest absolute Gasteiger partial charge is 0.240 e. The molecular formula is C12H18N4+2. The van der Waals surface area contributed by atoms with Crippen LogP contribution in [0.25, 0.3) is 0 Å². The second kappa shape index (κ2) is 4.79. The lowest BCUT2D eigenvalue weighted by atomic mass is 10.4. The van der Waals surface area contributed by atoms with Crippen LogP contribution in [0.4, 0.5) is 0 Å². The first-order chi connectivity index (χ1) is 7.74. The molecule has 16 heavy (non-hydrogen) atoms. The van der Waals surface area contributed by atoms with Gasteiger partial charge in [-0.15, -0.1) is 0 Å². The Balaban J connectivity index is 1.82. The van der Waals surface area contributed by atoms with Crippen LogP contribution in [0.1, 0.15) is 0 Å². The van der Waals surface area contributed by atoms with Crippen LogP contribution in [0.5, 0.6) is 0 Å². The number of imidazole rings is 2. The van der Waals surface area contributed by atoms with Gasteiger partial charge in [-0.3, -0.25) is 0 Å². The number of allylic oxidation sites excluding steroid dienone is 2. The Kier molecular flexibility index (Phi) is 3.19. The summed E-state index contributed by atoms with van der Waals surface area (Å²) in [5.41, 5.74) is 0. The molecular weight excluding hydrogens is 200 g/mol. The summed E-state index contributed by atoms with van der Waals surface area (Å²) in [7, 11) is 4.06. The number of nitrogens with zero attached hydrogens (tertiary/aromatic N) is 4. The van der Waals surface area contributed by atoms with Crippen molar-refractivity contribution < 1.29 is 9.13 Å². The maximum atomic E-state index is 2.18. The summed E-state index contributed by atoms with van der Waals surface area (Å²) in [6.45, 7) is 1.85. The minimum absolute atomic E-state index is 0.925. The molecule has 0 bridgehead atoms. The first kappa shape index (κ1) is 10.7. The zero-order valence-electron chi connectivity index (χ0n) is 9.82. The monoisotopic (exact) mass is 218 g/mol. The highest BCUT2D eigenvalue weighted by molar-refractivity contribution is 4.85. The highest BCUT2D eigenvalue weighted by Crippen LogP contribution is 1.89. The number of rotatable bonds is 4. The average Bonchev–Trinajstić information content (AvgIpc) is 2.83. The molecule has 4 heteroatoms. The van der Waals surface area contributed by atoms with Crippen molar-refractivity contribution >= 4 is 0 Å². The largest absolute Gasteiger partial charge is 0.243 e. The van der Waals surface area contributed by atoms with Crippen molar-refractivity contribution in [1.29, 1.82) is 0 Å². The van der Waals surface area contributed by atoms with Crippen molar-refractivity contribution in [2.24, 2.45) is 14.1 Å². The molecule has 2 aromatic heterocycles. The Morgan fingerprint density at radius 2 is 1.31 bits per heavy atom. The van der Waals surface area contributed by atoms with Crippen LogP contribution in [0.2, 0.25) is 0 Å². The standard InChI is InChI=1S/C12H18N4/c1-13-7-9-15(11-13)5-3-4-6-16-10-8-14(2)12-16/h3-4,7-12H,5-6H2,1-2H3/q+2/b4-3+. The first-order valence-corrected chi connectivity index (χ1v) is 5.41. The third-order valence-electron chi connectivity index (χ3n) is 2.45. The quantitative estimate of drug-likeness (QED) is 0.515. The maximum absolute atomic E-state index is 2.18. The molecule has 0 aliphatic heterocycles. The highest BCUT2D eigenvalue weighted by Gasteiger charge is 1.97. The zero-order chi connectivity index (χ0) is 11.4. The van der Waals surface area contributed by atoms with E-state index in [2.05, 4.69) is 46.3 Å². The van der Waals surface area contributed by atoms with E-state index >= 15 is 0 Å². The second-order valence-corrected chi connectivity index (χ2v) is 4.02. The molecule has 0 saturated heterocycles. The van der Waals surface area contributed by atoms with E-state index in [0.717, 1.165) is 13.1 Å². The van der Waals surface area contributed by atoms with Gasteiger partial charge in [0.05, 0.1) is 14.1 Å². The van der Waals surface area contributed by atoms with Crippen LogP contribution in [0, 0.1) is 0 Å². The molecule has 0 radical (unpaired) electrons. The summed E-state index contributed by atoms with van der Waals surface area (Å²) in [6.07, 6.45) is 16.7. The summed E-state index contributed by atoms with van der Waals surface area (Å²) < 4.78 is 8.37. The maximum Gasteiger partial charge on any atom is 0.243 e. The Labute approximate surface area is 95.7 Å². The minimum atomic E-state index is 0.925. The van der Waals surface area contributed by atoms with Gasteiger partial charge in [0, 0.05) is 0 Å². The lowest BCUT2D eigenvalue weighted by Gasteiger charge is -1.89. The van der Waals surface area contributed by atoms with Gasteiger partial charge in [0.1, 0.15) is 37.9 Å².